The number of rotatable bonds is 15. The third-order valence-electron chi connectivity index (χ3n) is 5.76. The summed E-state index contributed by atoms with van der Waals surface area (Å²) >= 11 is 0. The molecule has 0 heterocycles. The number of hydrogen-bond donors (Lipinski definition) is 1. The Hall–Kier alpha value is -4.12. The zero-order chi connectivity index (χ0) is 29.1. The lowest BCUT2D eigenvalue weighted by Gasteiger charge is -2.25. The zero-order valence-electron chi connectivity index (χ0n) is 23.4. The molecule has 0 aliphatic rings. The number of sulfonamides is 1. The molecular formula is C29H36N2O8S. The van der Waals surface area contributed by atoms with Gasteiger partial charge in [0.1, 0.15) is 12.3 Å². The van der Waals surface area contributed by atoms with Crippen LogP contribution in [-0.2, 0) is 21.4 Å². The lowest BCUT2D eigenvalue weighted by Crippen LogP contribution is -2.40. The van der Waals surface area contributed by atoms with Gasteiger partial charge in [-0.3, -0.25) is 9.10 Å². The average Bonchev–Trinajstić information content (AvgIpc) is 2.96. The molecule has 3 aromatic carbocycles. The summed E-state index contributed by atoms with van der Waals surface area (Å²) in [5.74, 6) is 1.91. The van der Waals surface area contributed by atoms with Gasteiger partial charge in [-0.15, -0.1) is 0 Å². The molecule has 40 heavy (non-hydrogen) atoms. The molecule has 1 amide bonds. The van der Waals surface area contributed by atoms with Crippen LogP contribution in [0.4, 0.5) is 5.69 Å². The fourth-order valence-electron chi connectivity index (χ4n) is 3.89. The first-order valence-electron chi connectivity index (χ1n) is 12.9. The molecule has 11 heteroatoms. The van der Waals surface area contributed by atoms with Crippen molar-refractivity contribution in [2.75, 3.05) is 44.9 Å². The fraction of sp³-hybridized carbons (Fsp3) is 0.345. The van der Waals surface area contributed by atoms with E-state index >= 15 is 0 Å². The molecule has 1 N–H and O–H groups in total. The Bertz CT molecular complexity index is 1380. The molecule has 0 bridgehead atoms. The smallest absolute Gasteiger partial charge is 0.264 e. The molecule has 0 saturated heterocycles. The highest BCUT2D eigenvalue weighted by Crippen LogP contribution is 2.33. The number of amides is 1. The predicted molar refractivity (Wildman–Crippen MR) is 152 cm³/mol. The van der Waals surface area contributed by atoms with E-state index in [1.54, 1.807) is 36.4 Å². The van der Waals surface area contributed by atoms with Gasteiger partial charge >= 0.3 is 0 Å². The second-order valence-electron chi connectivity index (χ2n) is 8.38. The Balaban J connectivity index is 1.88. The summed E-state index contributed by atoms with van der Waals surface area (Å²) in [5, 5.41) is 2.81. The Morgan fingerprint density at radius 2 is 1.38 bits per heavy atom. The van der Waals surface area contributed by atoms with E-state index in [9.17, 15) is 13.2 Å². The molecule has 3 rings (SSSR count). The van der Waals surface area contributed by atoms with Crippen LogP contribution < -0.4 is 33.3 Å². The largest absolute Gasteiger partial charge is 0.494 e. The summed E-state index contributed by atoms with van der Waals surface area (Å²) in [7, 11) is -1.30. The van der Waals surface area contributed by atoms with Gasteiger partial charge in [-0.2, -0.15) is 0 Å². The van der Waals surface area contributed by atoms with Crippen LogP contribution in [-0.4, -0.2) is 54.9 Å². The number of nitrogens with zero attached hydrogens (tertiary/aromatic N) is 1. The number of anilines is 1. The topological polar surface area (TPSA) is 113 Å². The van der Waals surface area contributed by atoms with E-state index in [0.29, 0.717) is 48.5 Å². The Labute approximate surface area is 235 Å². The SMILES string of the molecule is CCOc1ccc(N(CC(=O)NCc2ccc(OCC)c(OCC)c2)S(=O)(=O)c2ccc(OC)c(OC)c2)cc1. The number of carbonyl (C=O) groups is 1. The maximum Gasteiger partial charge on any atom is 0.264 e. The van der Waals surface area contributed by atoms with Gasteiger partial charge in [-0.1, -0.05) is 6.07 Å². The molecule has 0 spiro atoms. The minimum Gasteiger partial charge on any atom is -0.494 e. The van der Waals surface area contributed by atoms with Crippen LogP contribution in [0.3, 0.4) is 0 Å². The van der Waals surface area contributed by atoms with E-state index in [4.69, 9.17) is 23.7 Å². The summed E-state index contributed by atoms with van der Waals surface area (Å²) in [6, 6.07) is 16.2. The van der Waals surface area contributed by atoms with Crippen LogP contribution in [0.25, 0.3) is 0 Å². The standard InChI is InChI=1S/C29H36N2O8S/c1-6-37-23-12-10-22(11-13-23)31(40(33,34)24-14-16-25(35-4)27(18-24)36-5)20-29(32)30-19-21-9-15-26(38-7-2)28(17-21)39-8-3/h9-18H,6-8,19-20H2,1-5H3,(H,30,32). The van der Waals surface area contributed by atoms with Crippen LogP contribution in [0.2, 0.25) is 0 Å². The summed E-state index contributed by atoms with van der Waals surface area (Å²) in [4.78, 5) is 13.1. The van der Waals surface area contributed by atoms with Gasteiger partial charge in [-0.25, -0.2) is 8.42 Å². The highest BCUT2D eigenvalue weighted by atomic mass is 32.2. The maximum absolute atomic E-state index is 13.8. The van der Waals surface area contributed by atoms with Crippen molar-refractivity contribution in [2.24, 2.45) is 0 Å². The molecule has 10 nitrogen and oxygen atoms in total. The van der Waals surface area contributed by atoms with E-state index in [0.717, 1.165) is 9.87 Å². The highest BCUT2D eigenvalue weighted by molar-refractivity contribution is 7.92. The van der Waals surface area contributed by atoms with Gasteiger partial charge in [0.15, 0.2) is 23.0 Å². The van der Waals surface area contributed by atoms with Crippen LogP contribution in [0.5, 0.6) is 28.7 Å². The summed E-state index contributed by atoms with van der Waals surface area (Å²) < 4.78 is 56.0. The van der Waals surface area contributed by atoms with Crippen molar-refractivity contribution < 1.29 is 36.9 Å². The molecule has 0 aromatic heterocycles. The highest BCUT2D eigenvalue weighted by Gasteiger charge is 2.28. The van der Waals surface area contributed by atoms with Crippen molar-refractivity contribution in [3.63, 3.8) is 0 Å². The third kappa shape index (κ3) is 7.50. The zero-order valence-corrected chi connectivity index (χ0v) is 24.2. The molecule has 0 aliphatic heterocycles. The second kappa shape index (κ2) is 14.3. The molecule has 0 saturated carbocycles. The van der Waals surface area contributed by atoms with Gasteiger partial charge in [-0.05, 0) is 74.9 Å². The first-order valence-corrected chi connectivity index (χ1v) is 14.3. The van der Waals surface area contributed by atoms with Gasteiger partial charge in [0.05, 0.1) is 44.6 Å². The van der Waals surface area contributed by atoms with Crippen molar-refractivity contribution in [1.82, 2.24) is 5.32 Å². The molecule has 0 fully saturated rings. The first-order chi connectivity index (χ1) is 19.3. The van der Waals surface area contributed by atoms with Gasteiger partial charge in [0, 0.05) is 12.6 Å². The monoisotopic (exact) mass is 572 g/mol. The van der Waals surface area contributed by atoms with Gasteiger partial charge in [0.2, 0.25) is 5.91 Å². The Kier molecular flexibility index (Phi) is 10.9. The summed E-state index contributed by atoms with van der Waals surface area (Å²) in [6.45, 7) is 6.74. The summed E-state index contributed by atoms with van der Waals surface area (Å²) in [6.07, 6.45) is 0. The van der Waals surface area contributed by atoms with Crippen molar-refractivity contribution in [2.45, 2.75) is 32.2 Å². The van der Waals surface area contributed by atoms with Crippen LogP contribution in [0.1, 0.15) is 26.3 Å². The fourth-order valence-corrected chi connectivity index (χ4v) is 5.32. The Morgan fingerprint density at radius 1 is 0.750 bits per heavy atom. The number of methoxy groups -OCH3 is 2. The van der Waals surface area contributed by atoms with E-state index in [1.807, 2.05) is 26.8 Å². The number of carbonyl (C=O) groups excluding carboxylic acids is 1. The van der Waals surface area contributed by atoms with Crippen LogP contribution >= 0.6 is 0 Å². The number of ether oxygens (including phenoxy) is 5. The van der Waals surface area contributed by atoms with Gasteiger partial charge < -0.3 is 29.0 Å². The van der Waals surface area contributed by atoms with E-state index in [1.165, 1.54) is 32.4 Å². The van der Waals surface area contributed by atoms with Crippen LogP contribution in [0, 0.1) is 0 Å². The second-order valence-corrected chi connectivity index (χ2v) is 10.2. The number of benzene rings is 3. The molecular weight excluding hydrogens is 536 g/mol. The lowest BCUT2D eigenvalue weighted by atomic mass is 10.2. The molecule has 0 radical (unpaired) electrons. The lowest BCUT2D eigenvalue weighted by molar-refractivity contribution is -0.119. The summed E-state index contributed by atoms with van der Waals surface area (Å²) in [5.41, 5.74) is 1.07. The van der Waals surface area contributed by atoms with Crippen molar-refractivity contribution in [1.29, 1.82) is 0 Å². The molecule has 216 valence electrons. The minimum atomic E-state index is -4.18. The van der Waals surface area contributed by atoms with E-state index < -0.39 is 22.5 Å². The average molecular weight is 573 g/mol. The van der Waals surface area contributed by atoms with E-state index in [2.05, 4.69) is 5.32 Å². The van der Waals surface area contributed by atoms with Crippen molar-refractivity contribution in [3.8, 4) is 28.7 Å². The van der Waals surface area contributed by atoms with Crippen molar-refractivity contribution >= 4 is 21.6 Å². The van der Waals surface area contributed by atoms with Crippen molar-refractivity contribution in [3.05, 3.63) is 66.2 Å². The van der Waals surface area contributed by atoms with Gasteiger partial charge in [0.25, 0.3) is 10.0 Å². The molecule has 0 aliphatic carbocycles. The predicted octanol–water partition coefficient (Wildman–Crippen LogP) is 4.41. The maximum atomic E-state index is 13.8. The minimum absolute atomic E-state index is 0.0558. The molecule has 3 aromatic rings. The van der Waals surface area contributed by atoms with E-state index in [-0.39, 0.29) is 17.2 Å². The molecule has 0 unspecified atom stereocenters. The first kappa shape index (κ1) is 30.4. The third-order valence-corrected chi connectivity index (χ3v) is 7.53. The number of hydrogen-bond acceptors (Lipinski definition) is 8. The molecule has 0 atom stereocenters. The normalized spacial score (nSPS) is 10.9. The van der Waals surface area contributed by atoms with Crippen LogP contribution in [0.15, 0.2) is 65.6 Å². The quantitative estimate of drug-likeness (QED) is 0.285. The number of nitrogens with one attached hydrogen (secondary N) is 1. The Morgan fingerprint density at radius 3 is 2.00 bits per heavy atom.